The molecule has 8 aromatic rings. The summed E-state index contributed by atoms with van der Waals surface area (Å²) in [6.07, 6.45) is 0. The molecule has 242 valence electrons. The molecule has 7 aromatic carbocycles. The second kappa shape index (κ2) is 12.1. The average Bonchev–Trinajstić information content (AvgIpc) is 3.52. The maximum atomic E-state index is 9.58. The molecule has 1 aromatic heterocycles. The predicted molar refractivity (Wildman–Crippen MR) is 210 cm³/mol. The molecule has 0 saturated heterocycles. The largest absolute Gasteiger partial charge is 0.228 e. The predicted octanol–water partition coefficient (Wildman–Crippen LogP) is 11.8. The van der Waals surface area contributed by atoms with Crippen molar-refractivity contribution in [3.63, 3.8) is 0 Å². The number of benzene rings is 7. The summed E-state index contributed by atoms with van der Waals surface area (Å²) in [6.45, 7) is 0. The molecule has 2 heterocycles. The summed E-state index contributed by atoms with van der Waals surface area (Å²) in [5, 5.41) is 9.58. The van der Waals surface area contributed by atoms with Crippen molar-refractivity contribution in [2.75, 3.05) is 0 Å². The summed E-state index contributed by atoms with van der Waals surface area (Å²) in [6, 6.07) is 64.2. The highest BCUT2D eigenvalue weighted by Gasteiger charge is 2.51. The highest BCUT2D eigenvalue weighted by atomic mass is 32.2. The minimum atomic E-state index is -0.556. The molecular formula is C48H29N3S. The van der Waals surface area contributed by atoms with E-state index in [0.717, 1.165) is 39.2 Å². The lowest BCUT2D eigenvalue weighted by Crippen LogP contribution is -2.32. The van der Waals surface area contributed by atoms with Gasteiger partial charge in [0.2, 0.25) is 0 Å². The van der Waals surface area contributed by atoms with E-state index in [0.29, 0.717) is 11.4 Å². The quantitative estimate of drug-likeness (QED) is 0.186. The van der Waals surface area contributed by atoms with E-state index in [1.165, 1.54) is 43.2 Å². The lowest BCUT2D eigenvalue weighted by molar-refractivity contribution is 0.724. The average molecular weight is 680 g/mol. The van der Waals surface area contributed by atoms with E-state index in [4.69, 9.17) is 9.97 Å². The van der Waals surface area contributed by atoms with Crippen LogP contribution in [0.3, 0.4) is 0 Å². The van der Waals surface area contributed by atoms with Crippen LogP contribution in [0, 0.1) is 11.3 Å². The fourth-order valence-corrected chi connectivity index (χ4v) is 9.60. The zero-order valence-electron chi connectivity index (χ0n) is 28.0. The number of aromatic nitrogens is 2. The first kappa shape index (κ1) is 30.3. The lowest BCUT2D eigenvalue weighted by Gasteiger charge is -2.41. The molecule has 0 atom stereocenters. The van der Waals surface area contributed by atoms with Crippen LogP contribution in [0.2, 0.25) is 0 Å². The highest BCUT2D eigenvalue weighted by molar-refractivity contribution is 7.99. The van der Waals surface area contributed by atoms with E-state index >= 15 is 0 Å². The molecule has 52 heavy (non-hydrogen) atoms. The molecule has 0 amide bonds. The minimum absolute atomic E-state index is 0.556. The van der Waals surface area contributed by atoms with Crippen molar-refractivity contribution in [1.29, 1.82) is 5.26 Å². The maximum Gasteiger partial charge on any atom is 0.160 e. The van der Waals surface area contributed by atoms with E-state index in [1.54, 1.807) is 0 Å². The summed E-state index contributed by atoms with van der Waals surface area (Å²) >= 11 is 1.82. The maximum absolute atomic E-state index is 9.58. The molecular weight excluding hydrogens is 651 g/mol. The Morgan fingerprint density at radius 2 is 0.923 bits per heavy atom. The van der Waals surface area contributed by atoms with E-state index in [9.17, 15) is 5.26 Å². The molecule has 0 saturated carbocycles. The lowest BCUT2D eigenvalue weighted by atomic mass is 9.66. The number of nitrogens with zero attached hydrogens (tertiary/aromatic N) is 3. The van der Waals surface area contributed by atoms with Gasteiger partial charge < -0.3 is 0 Å². The van der Waals surface area contributed by atoms with Gasteiger partial charge in [-0.2, -0.15) is 5.26 Å². The van der Waals surface area contributed by atoms with Gasteiger partial charge in [-0.05, 0) is 62.7 Å². The third kappa shape index (κ3) is 4.53. The van der Waals surface area contributed by atoms with Gasteiger partial charge in [0.25, 0.3) is 0 Å². The van der Waals surface area contributed by atoms with Gasteiger partial charge in [0.1, 0.15) is 0 Å². The van der Waals surface area contributed by atoms with Gasteiger partial charge in [-0.1, -0.05) is 169 Å². The summed E-state index contributed by atoms with van der Waals surface area (Å²) in [5.41, 5.74) is 14.8. The van der Waals surface area contributed by atoms with Gasteiger partial charge in [-0.15, -0.1) is 0 Å². The molecule has 2 aliphatic rings. The van der Waals surface area contributed by atoms with Crippen LogP contribution in [0.1, 0.15) is 27.8 Å². The molecule has 0 bridgehead atoms. The van der Waals surface area contributed by atoms with Crippen molar-refractivity contribution in [3.8, 4) is 62.2 Å². The third-order valence-corrected chi connectivity index (χ3v) is 11.7. The van der Waals surface area contributed by atoms with Crippen LogP contribution in [0.4, 0.5) is 0 Å². The summed E-state index contributed by atoms with van der Waals surface area (Å²) in [4.78, 5) is 12.8. The molecule has 0 N–H and O–H groups in total. The fraction of sp³-hybridized carbons (Fsp3) is 0.0208. The SMILES string of the molecule is N#Cc1ccc(-c2cccc3c2Sc2c(-c4cc(-c5ccccc5)nc(-c5ccccc5)n4)cccc2C32c3ccccc3-c3ccccc32)cc1. The zero-order chi connectivity index (χ0) is 34.6. The monoisotopic (exact) mass is 679 g/mol. The minimum Gasteiger partial charge on any atom is -0.228 e. The Morgan fingerprint density at radius 1 is 0.423 bits per heavy atom. The van der Waals surface area contributed by atoms with Gasteiger partial charge in [0.15, 0.2) is 5.82 Å². The number of rotatable bonds is 4. The molecule has 0 fully saturated rings. The van der Waals surface area contributed by atoms with Crippen LogP contribution in [-0.2, 0) is 5.41 Å². The second-order valence-corrected chi connectivity index (χ2v) is 14.2. The van der Waals surface area contributed by atoms with Crippen LogP contribution >= 0.6 is 11.8 Å². The van der Waals surface area contributed by atoms with Crippen LogP contribution in [0.15, 0.2) is 186 Å². The van der Waals surface area contributed by atoms with Crippen molar-refractivity contribution < 1.29 is 0 Å². The molecule has 1 aliphatic carbocycles. The Morgan fingerprint density at radius 3 is 1.56 bits per heavy atom. The summed E-state index contributed by atoms with van der Waals surface area (Å²) in [5.74, 6) is 0.695. The van der Waals surface area contributed by atoms with Crippen molar-refractivity contribution >= 4 is 11.8 Å². The zero-order valence-corrected chi connectivity index (χ0v) is 28.8. The van der Waals surface area contributed by atoms with Crippen molar-refractivity contribution in [2.45, 2.75) is 15.2 Å². The van der Waals surface area contributed by atoms with Crippen molar-refractivity contribution in [2.24, 2.45) is 0 Å². The summed E-state index contributed by atoms with van der Waals surface area (Å²) in [7, 11) is 0. The Hall–Kier alpha value is -6.54. The first-order valence-electron chi connectivity index (χ1n) is 17.4. The highest BCUT2D eigenvalue weighted by Crippen LogP contribution is 2.64. The topological polar surface area (TPSA) is 49.6 Å². The number of hydrogen-bond donors (Lipinski definition) is 0. The van der Waals surface area contributed by atoms with Gasteiger partial charge >= 0.3 is 0 Å². The van der Waals surface area contributed by atoms with Crippen LogP contribution in [-0.4, -0.2) is 9.97 Å². The Balaban J connectivity index is 1.29. The molecule has 10 rings (SSSR count). The third-order valence-electron chi connectivity index (χ3n) is 10.4. The second-order valence-electron chi connectivity index (χ2n) is 13.2. The smallest absolute Gasteiger partial charge is 0.160 e. The van der Waals surface area contributed by atoms with Crippen LogP contribution in [0.5, 0.6) is 0 Å². The molecule has 0 unspecified atom stereocenters. The molecule has 1 spiro atoms. The Kier molecular flexibility index (Phi) is 7.02. The van der Waals surface area contributed by atoms with Crippen LogP contribution < -0.4 is 0 Å². The molecule has 3 nitrogen and oxygen atoms in total. The Labute approximate surface area is 307 Å². The Bertz CT molecular complexity index is 2610. The van der Waals surface area contributed by atoms with Crippen LogP contribution in [0.25, 0.3) is 56.2 Å². The van der Waals surface area contributed by atoms with Gasteiger partial charge in [-0.25, -0.2) is 9.97 Å². The van der Waals surface area contributed by atoms with E-state index in [-0.39, 0.29) is 0 Å². The first-order chi connectivity index (χ1) is 25.7. The van der Waals surface area contributed by atoms with E-state index < -0.39 is 5.41 Å². The van der Waals surface area contributed by atoms with E-state index in [1.807, 2.05) is 48.2 Å². The first-order valence-corrected chi connectivity index (χ1v) is 18.2. The molecule has 0 radical (unpaired) electrons. The fourth-order valence-electron chi connectivity index (χ4n) is 8.16. The van der Waals surface area contributed by atoms with Crippen molar-refractivity contribution in [1.82, 2.24) is 9.97 Å². The number of fused-ring (bicyclic) bond motifs is 9. The van der Waals surface area contributed by atoms with Gasteiger partial charge in [-0.3, -0.25) is 0 Å². The molecule has 1 aliphatic heterocycles. The summed E-state index contributed by atoms with van der Waals surface area (Å²) < 4.78 is 0. The standard InChI is InChI=1S/C48H29N3S/c49-30-31-25-27-32(28-26-31)35-19-11-23-41-45(35)52-46-38(44-29-43(33-13-3-1-4-14-33)50-47(51-44)34-15-5-2-6-16-34)20-12-24-42(46)48(41)39-21-9-7-17-36(39)37-18-8-10-22-40(37)48/h1-29H. The van der Waals surface area contributed by atoms with E-state index in [2.05, 4.69) is 146 Å². The van der Waals surface area contributed by atoms with Gasteiger partial charge in [0, 0.05) is 26.5 Å². The van der Waals surface area contributed by atoms with Crippen molar-refractivity contribution in [3.05, 3.63) is 204 Å². The number of nitriles is 1. The normalized spacial score (nSPS) is 13.1. The van der Waals surface area contributed by atoms with Gasteiger partial charge in [0.05, 0.1) is 28.4 Å². The number of hydrogen-bond acceptors (Lipinski definition) is 4. The molecule has 4 heteroatoms.